The minimum atomic E-state index is 0.00997. The molecule has 1 atom stereocenters. The number of amides is 1. The minimum Gasteiger partial charge on any atom is -0.342 e. The Morgan fingerprint density at radius 2 is 2.08 bits per heavy atom. The van der Waals surface area contributed by atoms with Gasteiger partial charge in [0.05, 0.1) is 12.2 Å². The van der Waals surface area contributed by atoms with Crippen molar-refractivity contribution in [1.29, 1.82) is 0 Å². The normalized spacial score (nSPS) is 18.5. The molecule has 2 aromatic rings. The second-order valence-electron chi connectivity index (χ2n) is 7.69. The molecule has 0 bridgehead atoms. The van der Waals surface area contributed by atoms with Crippen LogP contribution in [0.4, 0.5) is 0 Å². The van der Waals surface area contributed by atoms with Crippen molar-refractivity contribution >= 4 is 17.1 Å². The van der Waals surface area contributed by atoms with Gasteiger partial charge in [0, 0.05) is 44.4 Å². The molecule has 3 rings (SSSR count). The topological polar surface area (TPSA) is 89.9 Å². The van der Waals surface area contributed by atoms with Crippen LogP contribution < -0.4 is 5.73 Å². The molecule has 7 heteroatoms. The number of rotatable bonds is 4. The molecule has 3 heterocycles. The number of aromatic nitrogens is 4. The van der Waals surface area contributed by atoms with Crippen LogP contribution in [0.3, 0.4) is 0 Å². The monoisotopic (exact) mass is 330 g/mol. The van der Waals surface area contributed by atoms with Crippen LogP contribution in [0.15, 0.2) is 12.4 Å². The molecule has 0 unspecified atom stereocenters. The highest BCUT2D eigenvalue weighted by Gasteiger charge is 2.32. The molecule has 0 spiro atoms. The summed E-state index contributed by atoms with van der Waals surface area (Å²) in [6.07, 6.45) is 4.86. The van der Waals surface area contributed by atoms with E-state index in [4.69, 9.17) is 10.8 Å². The molecule has 0 saturated carbocycles. The van der Waals surface area contributed by atoms with Gasteiger partial charge in [-0.15, -0.1) is 0 Å². The Hall–Kier alpha value is -2.02. The van der Waals surface area contributed by atoms with Crippen molar-refractivity contribution in [3.63, 3.8) is 0 Å². The van der Waals surface area contributed by atoms with Gasteiger partial charge in [-0.25, -0.2) is 14.6 Å². The number of hydrogen-bond acceptors (Lipinski definition) is 5. The van der Waals surface area contributed by atoms with Crippen LogP contribution in [0.2, 0.25) is 0 Å². The first kappa shape index (κ1) is 16.8. The fraction of sp³-hybridized carbons (Fsp3) is 0.647. The van der Waals surface area contributed by atoms with Gasteiger partial charge in [0.15, 0.2) is 5.65 Å². The molecule has 7 nitrogen and oxygen atoms in total. The van der Waals surface area contributed by atoms with Crippen molar-refractivity contribution in [3.05, 3.63) is 18.1 Å². The van der Waals surface area contributed by atoms with Crippen molar-refractivity contribution in [1.82, 2.24) is 24.6 Å². The highest BCUT2D eigenvalue weighted by molar-refractivity contribution is 5.78. The van der Waals surface area contributed by atoms with E-state index in [-0.39, 0.29) is 17.2 Å². The molecule has 24 heavy (non-hydrogen) atoms. The maximum absolute atomic E-state index is 12.5. The summed E-state index contributed by atoms with van der Waals surface area (Å²) in [7, 11) is 0. The van der Waals surface area contributed by atoms with Crippen LogP contribution in [0.1, 0.15) is 45.2 Å². The van der Waals surface area contributed by atoms with Gasteiger partial charge in [0.2, 0.25) is 5.91 Å². The number of carbonyl (C=O) groups is 1. The Kier molecular flexibility index (Phi) is 4.54. The number of carbonyl (C=O) groups excluding carboxylic acids is 1. The molecule has 1 aliphatic heterocycles. The van der Waals surface area contributed by atoms with Crippen molar-refractivity contribution in [2.75, 3.05) is 19.6 Å². The standard InChI is InChI=1S/C17H26N6O/c1-17(2,3)10-13(24)22-8-4-12(11-22)14-15-16(20-7-6-19-15)23(21-14)9-5-18/h6-7,12H,4-5,8-11,18H2,1-3H3/t12-/m1/s1. The van der Waals surface area contributed by atoms with Crippen LogP contribution in [-0.4, -0.2) is 50.2 Å². The summed E-state index contributed by atoms with van der Waals surface area (Å²) in [6.45, 7) is 8.90. The third-order valence-electron chi connectivity index (χ3n) is 4.34. The predicted molar refractivity (Wildman–Crippen MR) is 92.4 cm³/mol. The van der Waals surface area contributed by atoms with Gasteiger partial charge in [-0.1, -0.05) is 20.8 Å². The van der Waals surface area contributed by atoms with Gasteiger partial charge in [-0.2, -0.15) is 5.10 Å². The summed E-state index contributed by atoms with van der Waals surface area (Å²) >= 11 is 0. The molecule has 1 aliphatic rings. The van der Waals surface area contributed by atoms with Crippen molar-refractivity contribution in [2.45, 2.75) is 46.1 Å². The Morgan fingerprint density at radius 1 is 1.33 bits per heavy atom. The quantitative estimate of drug-likeness (QED) is 0.918. The first-order valence-electron chi connectivity index (χ1n) is 8.54. The third-order valence-corrected chi connectivity index (χ3v) is 4.34. The van der Waals surface area contributed by atoms with E-state index in [2.05, 4.69) is 30.7 Å². The summed E-state index contributed by atoms with van der Waals surface area (Å²) in [4.78, 5) is 23.3. The Labute approximate surface area is 142 Å². The van der Waals surface area contributed by atoms with Crippen LogP contribution in [-0.2, 0) is 11.3 Å². The average Bonchev–Trinajstić information content (AvgIpc) is 3.11. The summed E-state index contributed by atoms with van der Waals surface area (Å²) in [5.41, 5.74) is 8.23. The highest BCUT2D eigenvalue weighted by Crippen LogP contribution is 2.31. The van der Waals surface area contributed by atoms with Gasteiger partial charge in [-0.3, -0.25) is 4.79 Å². The van der Waals surface area contributed by atoms with E-state index < -0.39 is 0 Å². The number of likely N-dealkylation sites (tertiary alicyclic amines) is 1. The first-order chi connectivity index (χ1) is 11.4. The smallest absolute Gasteiger partial charge is 0.223 e. The summed E-state index contributed by atoms with van der Waals surface area (Å²) in [5.74, 6) is 0.439. The van der Waals surface area contributed by atoms with Crippen LogP contribution in [0, 0.1) is 5.41 Å². The van der Waals surface area contributed by atoms with Crippen LogP contribution in [0.25, 0.3) is 11.2 Å². The molecule has 1 amide bonds. The number of hydrogen-bond donors (Lipinski definition) is 1. The van der Waals surface area contributed by atoms with E-state index in [0.717, 1.165) is 29.8 Å². The summed E-state index contributed by atoms with van der Waals surface area (Å²) < 4.78 is 1.83. The van der Waals surface area contributed by atoms with E-state index in [1.165, 1.54) is 0 Å². The molecular weight excluding hydrogens is 304 g/mol. The lowest BCUT2D eigenvalue weighted by Crippen LogP contribution is -2.31. The van der Waals surface area contributed by atoms with E-state index in [0.29, 0.717) is 26.1 Å². The Bertz CT molecular complexity index is 732. The van der Waals surface area contributed by atoms with Gasteiger partial charge in [0.1, 0.15) is 5.52 Å². The fourth-order valence-corrected chi connectivity index (χ4v) is 3.25. The number of fused-ring (bicyclic) bond motifs is 1. The van der Waals surface area contributed by atoms with Crippen molar-refractivity contribution in [2.24, 2.45) is 11.1 Å². The zero-order chi connectivity index (χ0) is 17.3. The lowest BCUT2D eigenvalue weighted by molar-refractivity contribution is -0.132. The molecule has 1 saturated heterocycles. The van der Waals surface area contributed by atoms with Gasteiger partial charge in [-0.05, 0) is 11.8 Å². The van der Waals surface area contributed by atoms with Gasteiger partial charge >= 0.3 is 0 Å². The SMILES string of the molecule is CC(C)(C)CC(=O)N1CC[C@@H](c2nn(CCN)c3nccnc23)C1. The van der Waals surface area contributed by atoms with Gasteiger partial charge < -0.3 is 10.6 Å². The second kappa shape index (κ2) is 6.47. The summed E-state index contributed by atoms with van der Waals surface area (Å²) in [5, 5.41) is 4.70. The van der Waals surface area contributed by atoms with Gasteiger partial charge in [0.25, 0.3) is 0 Å². The molecule has 2 N–H and O–H groups in total. The largest absolute Gasteiger partial charge is 0.342 e. The molecule has 0 aromatic carbocycles. The maximum Gasteiger partial charge on any atom is 0.223 e. The molecular formula is C17H26N6O. The molecule has 0 radical (unpaired) electrons. The Balaban J connectivity index is 1.81. The van der Waals surface area contributed by atoms with Crippen LogP contribution >= 0.6 is 0 Å². The van der Waals surface area contributed by atoms with Crippen LogP contribution in [0.5, 0.6) is 0 Å². The predicted octanol–water partition coefficient (Wildman–Crippen LogP) is 1.54. The maximum atomic E-state index is 12.5. The zero-order valence-corrected chi connectivity index (χ0v) is 14.7. The fourth-order valence-electron chi connectivity index (χ4n) is 3.25. The third kappa shape index (κ3) is 3.40. The number of nitrogens with zero attached hydrogens (tertiary/aromatic N) is 5. The summed E-state index contributed by atoms with van der Waals surface area (Å²) in [6, 6.07) is 0. The van der Waals surface area contributed by atoms with E-state index >= 15 is 0 Å². The molecule has 130 valence electrons. The zero-order valence-electron chi connectivity index (χ0n) is 14.7. The number of nitrogens with two attached hydrogens (primary N) is 1. The molecule has 1 fully saturated rings. The lowest BCUT2D eigenvalue weighted by atomic mass is 9.91. The van der Waals surface area contributed by atoms with Crippen molar-refractivity contribution < 1.29 is 4.79 Å². The Morgan fingerprint density at radius 3 is 2.79 bits per heavy atom. The van der Waals surface area contributed by atoms with Crippen molar-refractivity contribution in [3.8, 4) is 0 Å². The first-order valence-corrected chi connectivity index (χ1v) is 8.54. The molecule has 2 aromatic heterocycles. The van der Waals surface area contributed by atoms with E-state index in [9.17, 15) is 4.79 Å². The van der Waals surface area contributed by atoms with E-state index in [1.807, 2.05) is 9.58 Å². The van der Waals surface area contributed by atoms with E-state index in [1.54, 1.807) is 12.4 Å². The molecule has 0 aliphatic carbocycles. The average molecular weight is 330 g/mol. The highest BCUT2D eigenvalue weighted by atomic mass is 16.2. The minimum absolute atomic E-state index is 0.00997. The second-order valence-corrected chi connectivity index (χ2v) is 7.69. The lowest BCUT2D eigenvalue weighted by Gasteiger charge is -2.22.